The predicted octanol–water partition coefficient (Wildman–Crippen LogP) is 3.93. The number of piperazine rings is 1. The van der Waals surface area contributed by atoms with Gasteiger partial charge < -0.3 is 15.3 Å². The van der Waals surface area contributed by atoms with Crippen molar-refractivity contribution in [1.82, 2.24) is 10.2 Å². The van der Waals surface area contributed by atoms with Gasteiger partial charge in [-0.05, 0) is 54.1 Å². The first-order chi connectivity index (χ1) is 16.4. The maximum absolute atomic E-state index is 12.2. The van der Waals surface area contributed by atoms with Crippen molar-refractivity contribution < 1.29 is 19.5 Å². The summed E-state index contributed by atoms with van der Waals surface area (Å²) >= 11 is 5.82. The number of halogens is 1. The van der Waals surface area contributed by atoms with Crippen LogP contribution in [0.15, 0.2) is 72.8 Å². The third-order valence-electron chi connectivity index (χ3n) is 5.70. The molecule has 0 spiro atoms. The molecule has 3 aromatic carbocycles. The molecule has 34 heavy (non-hydrogen) atoms. The van der Waals surface area contributed by atoms with Crippen LogP contribution in [0.1, 0.15) is 36.6 Å². The number of hydrogen-bond acceptors (Lipinski definition) is 5. The average molecular weight is 478 g/mol. The lowest BCUT2D eigenvalue weighted by Gasteiger charge is -2.29. The summed E-state index contributed by atoms with van der Waals surface area (Å²) in [6, 6.07) is 20.9. The second kappa shape index (κ2) is 10.5. The van der Waals surface area contributed by atoms with Crippen molar-refractivity contribution in [2.24, 2.45) is 0 Å². The number of fused-ring (bicyclic) bond motifs is 1. The van der Waals surface area contributed by atoms with Crippen LogP contribution in [0, 0.1) is 0 Å². The number of hydrogen-bond donors (Lipinski definition) is 2. The highest BCUT2D eigenvalue weighted by Crippen LogP contribution is 2.24. The van der Waals surface area contributed by atoms with E-state index in [2.05, 4.69) is 22.3 Å². The lowest BCUT2D eigenvalue weighted by molar-refractivity contribution is 0.0641. The molecule has 0 atom stereocenters. The van der Waals surface area contributed by atoms with Gasteiger partial charge in [-0.1, -0.05) is 35.9 Å². The first-order valence-corrected chi connectivity index (χ1v) is 11.3. The fourth-order valence-corrected chi connectivity index (χ4v) is 4.07. The third-order valence-corrected chi connectivity index (χ3v) is 5.95. The Morgan fingerprint density at radius 1 is 0.882 bits per heavy atom. The van der Waals surface area contributed by atoms with E-state index in [4.69, 9.17) is 16.7 Å². The lowest BCUT2D eigenvalue weighted by Crippen LogP contribution is -2.43. The number of nitrogens with zero attached hydrogens (tertiary/aromatic N) is 2. The summed E-state index contributed by atoms with van der Waals surface area (Å²) in [7, 11) is 0. The van der Waals surface area contributed by atoms with Crippen LogP contribution in [-0.2, 0) is 6.54 Å². The number of carbonyl (C=O) groups excluding carboxylic acids is 2. The summed E-state index contributed by atoms with van der Waals surface area (Å²) in [4.78, 5) is 38.9. The Morgan fingerprint density at radius 3 is 2.09 bits per heavy atom. The molecule has 7 nitrogen and oxygen atoms in total. The summed E-state index contributed by atoms with van der Waals surface area (Å²) in [6.07, 6.45) is 0. The van der Waals surface area contributed by atoms with Gasteiger partial charge in [-0.15, -0.1) is 0 Å². The first-order valence-electron chi connectivity index (χ1n) is 10.9. The quantitative estimate of drug-likeness (QED) is 0.553. The monoisotopic (exact) mass is 477 g/mol. The second-order valence-electron chi connectivity index (χ2n) is 7.96. The Balaban J connectivity index is 0.000000180. The number of aromatic carboxylic acids is 1. The molecular weight excluding hydrogens is 454 g/mol. The molecule has 174 valence electrons. The number of amides is 2. The Morgan fingerprint density at radius 2 is 1.50 bits per heavy atom. The standard InChI is InChI=1S/C16H11NO4.C10H13ClN2/c18-14-12-6-1-2-7-13(12)15(19)17(14)9-10-4-3-5-11(8-10)16(20)21;11-9-1-3-10(4-2-9)13-7-5-12-6-8-13/h1-8H,9H2,(H,20,21);1-4,12H,5-8H2. The average Bonchev–Trinajstić information content (AvgIpc) is 3.10. The Labute approximate surface area is 202 Å². The molecule has 0 bridgehead atoms. The van der Waals surface area contributed by atoms with E-state index in [0.29, 0.717) is 16.7 Å². The van der Waals surface area contributed by atoms with Gasteiger partial charge in [0.1, 0.15) is 0 Å². The summed E-state index contributed by atoms with van der Waals surface area (Å²) in [5, 5.41) is 13.1. The fourth-order valence-electron chi connectivity index (χ4n) is 3.94. The molecule has 2 aliphatic heterocycles. The minimum Gasteiger partial charge on any atom is -0.478 e. The molecule has 0 saturated carbocycles. The maximum atomic E-state index is 12.2. The topological polar surface area (TPSA) is 90.0 Å². The van der Waals surface area contributed by atoms with E-state index in [1.165, 1.54) is 17.8 Å². The molecule has 0 unspecified atom stereocenters. The first kappa shape index (κ1) is 23.5. The molecule has 2 amide bonds. The van der Waals surface area contributed by atoms with Gasteiger partial charge in [-0.3, -0.25) is 14.5 Å². The van der Waals surface area contributed by atoms with Gasteiger partial charge in [0, 0.05) is 36.9 Å². The van der Waals surface area contributed by atoms with Crippen molar-refractivity contribution in [1.29, 1.82) is 0 Å². The van der Waals surface area contributed by atoms with E-state index in [0.717, 1.165) is 36.1 Å². The fraction of sp³-hybridized carbons (Fsp3) is 0.192. The highest BCUT2D eigenvalue weighted by atomic mass is 35.5. The molecule has 2 aliphatic rings. The number of benzene rings is 3. The van der Waals surface area contributed by atoms with Crippen LogP contribution >= 0.6 is 11.6 Å². The number of carboxylic acid groups (broad SMARTS) is 1. The second-order valence-corrected chi connectivity index (χ2v) is 8.40. The van der Waals surface area contributed by atoms with E-state index in [-0.39, 0.29) is 23.9 Å². The van der Waals surface area contributed by atoms with E-state index in [1.54, 1.807) is 36.4 Å². The summed E-state index contributed by atoms with van der Waals surface area (Å²) in [5.41, 5.74) is 2.77. The largest absolute Gasteiger partial charge is 0.478 e. The van der Waals surface area contributed by atoms with Crippen molar-refractivity contribution in [2.75, 3.05) is 31.1 Å². The molecule has 0 radical (unpaired) electrons. The Kier molecular flexibility index (Phi) is 7.25. The number of carbonyl (C=O) groups is 3. The van der Waals surface area contributed by atoms with Crippen LogP contribution in [0.5, 0.6) is 0 Å². The van der Waals surface area contributed by atoms with Crippen LogP contribution in [0.2, 0.25) is 5.02 Å². The molecule has 1 fully saturated rings. The van der Waals surface area contributed by atoms with Gasteiger partial charge in [0.25, 0.3) is 11.8 Å². The number of rotatable bonds is 4. The number of imide groups is 1. The molecule has 1 saturated heterocycles. The Hall–Kier alpha value is -3.68. The van der Waals surface area contributed by atoms with E-state index in [1.807, 2.05) is 12.1 Å². The van der Waals surface area contributed by atoms with Crippen LogP contribution in [0.25, 0.3) is 0 Å². The molecule has 0 aromatic heterocycles. The molecule has 0 aliphatic carbocycles. The zero-order valence-electron chi connectivity index (χ0n) is 18.4. The predicted molar refractivity (Wildman–Crippen MR) is 131 cm³/mol. The molecule has 2 N–H and O–H groups in total. The summed E-state index contributed by atoms with van der Waals surface area (Å²) in [6.45, 7) is 4.38. The van der Waals surface area contributed by atoms with Gasteiger partial charge in [-0.25, -0.2) is 4.79 Å². The van der Waals surface area contributed by atoms with Crippen molar-refractivity contribution in [3.8, 4) is 0 Å². The molecule has 5 rings (SSSR count). The maximum Gasteiger partial charge on any atom is 0.335 e. The van der Waals surface area contributed by atoms with Crippen LogP contribution in [0.3, 0.4) is 0 Å². The van der Waals surface area contributed by atoms with E-state index < -0.39 is 5.97 Å². The highest BCUT2D eigenvalue weighted by Gasteiger charge is 2.34. The van der Waals surface area contributed by atoms with Crippen molar-refractivity contribution in [3.05, 3.63) is 100 Å². The van der Waals surface area contributed by atoms with Crippen LogP contribution < -0.4 is 10.2 Å². The zero-order valence-corrected chi connectivity index (χ0v) is 19.2. The van der Waals surface area contributed by atoms with Gasteiger partial charge in [0.05, 0.1) is 23.2 Å². The molecule has 3 aromatic rings. The van der Waals surface area contributed by atoms with Crippen LogP contribution in [0.4, 0.5) is 5.69 Å². The summed E-state index contributed by atoms with van der Waals surface area (Å²) in [5.74, 6) is -1.74. The van der Waals surface area contributed by atoms with E-state index >= 15 is 0 Å². The SMILES string of the molecule is Clc1ccc(N2CCNCC2)cc1.O=C(O)c1cccc(CN2C(=O)c3ccccc3C2=O)c1. The molecule has 2 heterocycles. The Bertz CT molecular complexity index is 1170. The van der Waals surface area contributed by atoms with Crippen molar-refractivity contribution in [2.45, 2.75) is 6.54 Å². The minimum absolute atomic E-state index is 0.0630. The van der Waals surface area contributed by atoms with Crippen molar-refractivity contribution >= 4 is 35.1 Å². The minimum atomic E-state index is -1.04. The van der Waals surface area contributed by atoms with Crippen molar-refractivity contribution in [3.63, 3.8) is 0 Å². The van der Waals surface area contributed by atoms with Gasteiger partial charge >= 0.3 is 5.97 Å². The molecular formula is C26H24ClN3O4. The number of carboxylic acids is 1. The van der Waals surface area contributed by atoms with Gasteiger partial charge in [-0.2, -0.15) is 0 Å². The number of anilines is 1. The summed E-state index contributed by atoms with van der Waals surface area (Å²) < 4.78 is 0. The normalized spacial score (nSPS) is 15.0. The number of nitrogens with one attached hydrogen (secondary N) is 1. The smallest absolute Gasteiger partial charge is 0.335 e. The van der Waals surface area contributed by atoms with E-state index in [9.17, 15) is 14.4 Å². The zero-order chi connectivity index (χ0) is 24.1. The third kappa shape index (κ3) is 5.27. The van der Waals surface area contributed by atoms with Crippen LogP contribution in [-0.4, -0.2) is 54.0 Å². The van der Waals surface area contributed by atoms with Gasteiger partial charge in [0.15, 0.2) is 0 Å². The molecule has 8 heteroatoms. The lowest BCUT2D eigenvalue weighted by atomic mass is 10.1. The highest BCUT2D eigenvalue weighted by molar-refractivity contribution is 6.30. The van der Waals surface area contributed by atoms with Gasteiger partial charge in [0.2, 0.25) is 0 Å².